The Hall–Kier alpha value is -2.57. The Bertz CT molecular complexity index is 902. The zero-order chi connectivity index (χ0) is 19.6. The summed E-state index contributed by atoms with van der Waals surface area (Å²) >= 11 is 12.2. The second-order valence-corrected chi connectivity index (χ2v) is 6.77. The summed E-state index contributed by atoms with van der Waals surface area (Å²) in [5.41, 5.74) is 1.22. The Morgan fingerprint density at radius 1 is 1.15 bits per heavy atom. The van der Waals surface area contributed by atoms with Gasteiger partial charge in [-0.1, -0.05) is 41.4 Å². The van der Waals surface area contributed by atoms with Gasteiger partial charge >= 0.3 is 0 Å². The largest absolute Gasteiger partial charge is 0.448 e. The van der Waals surface area contributed by atoms with Crippen LogP contribution in [0.3, 0.4) is 0 Å². The number of ether oxygens (including phenoxy) is 1. The summed E-state index contributed by atoms with van der Waals surface area (Å²) in [6, 6.07) is 14.0. The van der Waals surface area contributed by atoms with Gasteiger partial charge in [0, 0.05) is 24.6 Å². The highest BCUT2D eigenvalue weighted by Gasteiger charge is 2.34. The van der Waals surface area contributed by atoms with Gasteiger partial charge in [0.05, 0.1) is 17.1 Å². The maximum absolute atomic E-state index is 12.1. The molecule has 8 heteroatoms. The zero-order valence-electron chi connectivity index (χ0n) is 14.7. The smallest absolute Gasteiger partial charge is 0.243 e. The number of hydrazone groups is 1. The molecular formula is C19H17Cl2N3O3. The first-order chi connectivity index (χ1) is 12.9. The predicted octanol–water partition coefficient (Wildman–Crippen LogP) is 3.91. The van der Waals surface area contributed by atoms with Crippen LogP contribution in [0.25, 0.3) is 0 Å². The molecule has 0 saturated heterocycles. The van der Waals surface area contributed by atoms with E-state index in [1.165, 1.54) is 23.8 Å². The highest BCUT2D eigenvalue weighted by molar-refractivity contribution is 6.36. The predicted molar refractivity (Wildman–Crippen MR) is 105 cm³/mol. The van der Waals surface area contributed by atoms with Crippen LogP contribution in [0.5, 0.6) is 0 Å². The van der Waals surface area contributed by atoms with E-state index >= 15 is 0 Å². The van der Waals surface area contributed by atoms with Crippen LogP contribution in [-0.4, -0.2) is 35.5 Å². The molecule has 0 saturated carbocycles. The Kier molecular flexibility index (Phi) is 5.68. The molecule has 0 N–H and O–H groups in total. The van der Waals surface area contributed by atoms with Crippen molar-refractivity contribution < 1.29 is 14.3 Å². The third-order valence-corrected chi connectivity index (χ3v) is 4.54. The summed E-state index contributed by atoms with van der Waals surface area (Å²) in [6.07, 6.45) is -0.770. The van der Waals surface area contributed by atoms with E-state index in [-0.39, 0.29) is 24.3 Å². The molecule has 0 bridgehead atoms. The first kappa shape index (κ1) is 19.2. The average Bonchev–Trinajstić information content (AvgIpc) is 3.04. The summed E-state index contributed by atoms with van der Waals surface area (Å²) in [7, 11) is 0. The lowest BCUT2D eigenvalue weighted by Gasteiger charge is -2.27. The molecule has 1 heterocycles. The van der Waals surface area contributed by atoms with Crippen molar-refractivity contribution >= 4 is 46.6 Å². The number of carbonyl (C=O) groups excluding carboxylic acids is 2. The van der Waals surface area contributed by atoms with Crippen LogP contribution in [0.2, 0.25) is 10.0 Å². The number of benzene rings is 2. The second kappa shape index (κ2) is 7.98. The molecule has 6 nitrogen and oxygen atoms in total. The Morgan fingerprint density at radius 2 is 1.85 bits per heavy atom. The first-order valence-electron chi connectivity index (χ1n) is 8.20. The zero-order valence-corrected chi connectivity index (χ0v) is 16.2. The molecule has 140 valence electrons. The van der Waals surface area contributed by atoms with Crippen LogP contribution in [0.4, 0.5) is 5.69 Å². The fourth-order valence-corrected chi connectivity index (χ4v) is 3.20. The summed E-state index contributed by atoms with van der Waals surface area (Å²) < 4.78 is 5.88. The molecule has 3 rings (SSSR count). The summed E-state index contributed by atoms with van der Waals surface area (Å²) in [4.78, 5) is 25.7. The van der Waals surface area contributed by atoms with Crippen molar-refractivity contribution in [1.82, 2.24) is 5.01 Å². The van der Waals surface area contributed by atoms with Crippen molar-refractivity contribution in [1.29, 1.82) is 0 Å². The summed E-state index contributed by atoms with van der Waals surface area (Å²) in [5.74, 6) is -0.281. The molecule has 0 radical (unpaired) electrons. The Labute approximate surface area is 166 Å². The third-order valence-electron chi connectivity index (χ3n) is 3.99. The minimum absolute atomic E-state index is 0.122. The van der Waals surface area contributed by atoms with Crippen molar-refractivity contribution in [2.75, 3.05) is 11.4 Å². The molecular weight excluding hydrogens is 389 g/mol. The van der Waals surface area contributed by atoms with Gasteiger partial charge in [-0.3, -0.25) is 9.59 Å². The van der Waals surface area contributed by atoms with Crippen molar-refractivity contribution in [3.8, 4) is 0 Å². The molecule has 1 aliphatic heterocycles. The molecule has 2 aromatic carbocycles. The van der Waals surface area contributed by atoms with E-state index in [1.807, 2.05) is 30.3 Å². The maximum Gasteiger partial charge on any atom is 0.243 e. The molecule has 0 aromatic heterocycles. The molecule has 2 aromatic rings. The highest BCUT2D eigenvalue weighted by Crippen LogP contribution is 2.27. The van der Waals surface area contributed by atoms with Gasteiger partial charge in [0.15, 0.2) is 0 Å². The maximum atomic E-state index is 12.1. The van der Waals surface area contributed by atoms with Gasteiger partial charge in [-0.05, 0) is 30.3 Å². The lowest BCUT2D eigenvalue weighted by Crippen LogP contribution is -2.44. The monoisotopic (exact) mass is 405 g/mol. The van der Waals surface area contributed by atoms with Gasteiger partial charge in [0.1, 0.15) is 0 Å². The molecule has 1 aliphatic rings. The quantitative estimate of drug-likeness (QED) is 0.774. The van der Waals surface area contributed by atoms with E-state index in [0.717, 1.165) is 0 Å². The topological polar surface area (TPSA) is 62.2 Å². The number of hydrogen-bond acceptors (Lipinski definition) is 4. The van der Waals surface area contributed by atoms with Crippen LogP contribution in [-0.2, 0) is 14.3 Å². The van der Waals surface area contributed by atoms with E-state index in [1.54, 1.807) is 18.2 Å². The summed E-state index contributed by atoms with van der Waals surface area (Å²) in [6.45, 7) is 2.96. The van der Waals surface area contributed by atoms with E-state index in [4.69, 9.17) is 27.9 Å². The number of nitrogens with zero attached hydrogens (tertiary/aromatic N) is 3. The minimum atomic E-state index is -0.770. The summed E-state index contributed by atoms with van der Waals surface area (Å²) in [5, 5.41) is 6.29. The highest BCUT2D eigenvalue weighted by atomic mass is 35.5. The van der Waals surface area contributed by atoms with Crippen molar-refractivity contribution in [3.05, 3.63) is 64.1 Å². The van der Waals surface area contributed by atoms with Gasteiger partial charge in [-0.15, -0.1) is 5.10 Å². The minimum Gasteiger partial charge on any atom is -0.448 e. The van der Waals surface area contributed by atoms with Crippen LogP contribution in [0.1, 0.15) is 19.4 Å². The van der Waals surface area contributed by atoms with E-state index in [0.29, 0.717) is 21.3 Å². The number of hydrogen-bond donors (Lipinski definition) is 0. The van der Waals surface area contributed by atoms with Crippen LogP contribution in [0.15, 0.2) is 53.6 Å². The second-order valence-electron chi connectivity index (χ2n) is 5.93. The van der Waals surface area contributed by atoms with Crippen molar-refractivity contribution in [2.24, 2.45) is 5.10 Å². The molecule has 0 spiro atoms. The number of para-hydroxylation sites is 1. The van der Waals surface area contributed by atoms with Crippen LogP contribution >= 0.6 is 23.2 Å². The van der Waals surface area contributed by atoms with E-state index in [2.05, 4.69) is 5.10 Å². The standard InChI is InChI=1S/C19H17Cl2N3O3/c1-12(25)23(15-6-4-3-5-7-15)11-18-24(13(2)26)22-19(27-18)16-9-8-14(20)10-17(16)21/h3-10,18H,11H2,1-2H3/t18-/m1/s1. The Morgan fingerprint density at radius 3 is 2.44 bits per heavy atom. The van der Waals surface area contributed by atoms with E-state index < -0.39 is 6.23 Å². The number of rotatable bonds is 4. The van der Waals surface area contributed by atoms with Gasteiger partial charge < -0.3 is 9.64 Å². The van der Waals surface area contributed by atoms with Crippen molar-refractivity contribution in [3.63, 3.8) is 0 Å². The van der Waals surface area contributed by atoms with Gasteiger partial charge in [-0.25, -0.2) is 0 Å². The number of halogens is 2. The third kappa shape index (κ3) is 4.23. The van der Waals surface area contributed by atoms with Gasteiger partial charge in [-0.2, -0.15) is 5.01 Å². The molecule has 1 atom stereocenters. The molecule has 0 unspecified atom stereocenters. The van der Waals surface area contributed by atoms with Gasteiger partial charge in [0.2, 0.25) is 23.9 Å². The molecule has 27 heavy (non-hydrogen) atoms. The van der Waals surface area contributed by atoms with E-state index in [9.17, 15) is 9.59 Å². The molecule has 0 aliphatic carbocycles. The van der Waals surface area contributed by atoms with Crippen LogP contribution in [0, 0.1) is 0 Å². The molecule has 0 fully saturated rings. The number of amides is 2. The fourth-order valence-electron chi connectivity index (χ4n) is 2.71. The Balaban J connectivity index is 1.87. The first-order valence-corrected chi connectivity index (χ1v) is 8.96. The normalized spacial score (nSPS) is 15.9. The number of anilines is 1. The fraction of sp³-hybridized carbons (Fsp3) is 0.211. The average molecular weight is 406 g/mol. The lowest BCUT2D eigenvalue weighted by molar-refractivity contribution is -0.135. The van der Waals surface area contributed by atoms with Crippen LogP contribution < -0.4 is 4.90 Å². The van der Waals surface area contributed by atoms with Gasteiger partial charge in [0.25, 0.3) is 0 Å². The molecule has 2 amide bonds. The number of carbonyl (C=O) groups is 2. The van der Waals surface area contributed by atoms with Crippen molar-refractivity contribution in [2.45, 2.75) is 20.1 Å². The SMILES string of the molecule is CC(=O)N(C[C@H]1OC(c2ccc(Cl)cc2Cl)=NN1C(C)=O)c1ccccc1. The lowest BCUT2D eigenvalue weighted by atomic mass is 10.2.